The highest BCUT2D eigenvalue weighted by Crippen LogP contribution is 2.22. The van der Waals surface area contributed by atoms with E-state index in [-0.39, 0.29) is 11.9 Å². The van der Waals surface area contributed by atoms with Gasteiger partial charge in [-0.05, 0) is 36.7 Å². The lowest BCUT2D eigenvalue weighted by Gasteiger charge is -2.24. The lowest BCUT2D eigenvalue weighted by molar-refractivity contribution is 0.0672. The quantitative estimate of drug-likeness (QED) is 0.710. The number of carbonyl (C=O) groups is 1. The van der Waals surface area contributed by atoms with E-state index in [0.717, 1.165) is 4.88 Å². The third kappa shape index (κ3) is 3.10. The van der Waals surface area contributed by atoms with Gasteiger partial charge in [0.2, 0.25) is 11.7 Å². The molecule has 3 aromatic heterocycles. The van der Waals surface area contributed by atoms with E-state index in [1.807, 2.05) is 48.9 Å². The maximum absolute atomic E-state index is 12.5. The predicted octanol–water partition coefficient (Wildman–Crippen LogP) is 3.91. The smallest absolute Gasteiger partial charge is 0.264 e. The molecule has 1 amide bonds. The summed E-state index contributed by atoms with van der Waals surface area (Å²) in [5, 5.41) is 7.84. The number of carbonyl (C=O) groups excluding carboxylic acids is 1. The van der Waals surface area contributed by atoms with E-state index in [1.165, 1.54) is 11.3 Å². The number of rotatable bonds is 5. The molecule has 0 spiro atoms. The largest absolute Gasteiger partial charge is 0.337 e. The second kappa shape index (κ2) is 6.41. The van der Waals surface area contributed by atoms with E-state index >= 15 is 0 Å². The average Bonchev–Trinajstić information content (AvgIpc) is 3.24. The SMILES string of the molecule is CC(C)N(Cc1nc(-c2cccs2)no1)C(=O)c1cccs1. The average molecular weight is 333 g/mol. The Morgan fingerprint density at radius 3 is 2.68 bits per heavy atom. The molecule has 0 bridgehead atoms. The molecule has 0 saturated heterocycles. The summed E-state index contributed by atoms with van der Waals surface area (Å²) in [4.78, 5) is 20.3. The van der Waals surface area contributed by atoms with Crippen molar-refractivity contribution in [3.05, 3.63) is 45.8 Å². The number of aromatic nitrogens is 2. The molecule has 3 heterocycles. The molecule has 0 N–H and O–H groups in total. The molecule has 0 atom stereocenters. The normalized spacial score (nSPS) is 11.0. The van der Waals surface area contributed by atoms with Gasteiger partial charge in [-0.3, -0.25) is 4.79 Å². The minimum atomic E-state index is -0.0131. The third-order valence-electron chi connectivity index (χ3n) is 3.13. The van der Waals surface area contributed by atoms with Gasteiger partial charge in [0, 0.05) is 6.04 Å². The molecule has 3 aromatic rings. The molecule has 0 aromatic carbocycles. The van der Waals surface area contributed by atoms with Gasteiger partial charge in [-0.15, -0.1) is 22.7 Å². The van der Waals surface area contributed by atoms with Crippen LogP contribution in [0, 0.1) is 0 Å². The number of amides is 1. The lowest BCUT2D eigenvalue weighted by Crippen LogP contribution is -2.36. The second-order valence-corrected chi connectivity index (χ2v) is 6.89. The van der Waals surface area contributed by atoms with Crippen LogP contribution >= 0.6 is 22.7 Å². The van der Waals surface area contributed by atoms with Crippen LogP contribution in [0.25, 0.3) is 10.7 Å². The van der Waals surface area contributed by atoms with Crippen LogP contribution < -0.4 is 0 Å². The van der Waals surface area contributed by atoms with Crippen molar-refractivity contribution in [2.24, 2.45) is 0 Å². The predicted molar refractivity (Wildman–Crippen MR) is 86.9 cm³/mol. The first-order chi connectivity index (χ1) is 10.6. The summed E-state index contributed by atoms with van der Waals surface area (Å²) in [6.07, 6.45) is 0. The van der Waals surface area contributed by atoms with Crippen LogP contribution in [0.3, 0.4) is 0 Å². The highest BCUT2D eigenvalue weighted by Gasteiger charge is 2.22. The van der Waals surface area contributed by atoms with Gasteiger partial charge in [-0.25, -0.2) is 0 Å². The first-order valence-corrected chi connectivity index (χ1v) is 8.62. The highest BCUT2D eigenvalue weighted by molar-refractivity contribution is 7.13. The molecular formula is C15H15N3O2S2. The van der Waals surface area contributed by atoms with Crippen LogP contribution in [0.15, 0.2) is 39.5 Å². The van der Waals surface area contributed by atoms with Gasteiger partial charge in [0.15, 0.2) is 0 Å². The van der Waals surface area contributed by atoms with Crippen molar-refractivity contribution in [1.82, 2.24) is 15.0 Å². The van der Waals surface area contributed by atoms with Gasteiger partial charge in [0.25, 0.3) is 5.91 Å². The fraction of sp³-hybridized carbons (Fsp3) is 0.267. The minimum Gasteiger partial charge on any atom is -0.337 e. The Morgan fingerprint density at radius 2 is 2.05 bits per heavy atom. The Balaban J connectivity index is 1.78. The van der Waals surface area contributed by atoms with Crippen LogP contribution in [-0.2, 0) is 6.54 Å². The maximum atomic E-state index is 12.5. The number of nitrogens with zero attached hydrogens (tertiary/aromatic N) is 3. The van der Waals surface area contributed by atoms with Crippen LogP contribution in [0.4, 0.5) is 0 Å². The molecule has 0 aliphatic carbocycles. The molecule has 0 radical (unpaired) electrons. The number of hydrogen-bond acceptors (Lipinski definition) is 6. The van der Waals surface area contributed by atoms with Gasteiger partial charge in [-0.1, -0.05) is 17.3 Å². The summed E-state index contributed by atoms with van der Waals surface area (Å²) < 4.78 is 5.29. The van der Waals surface area contributed by atoms with Crippen LogP contribution in [0.2, 0.25) is 0 Å². The summed E-state index contributed by atoms with van der Waals surface area (Å²) in [5.74, 6) is 1.00. The van der Waals surface area contributed by atoms with Gasteiger partial charge in [-0.2, -0.15) is 4.98 Å². The van der Waals surface area contributed by atoms with Crippen molar-refractivity contribution in [3.63, 3.8) is 0 Å². The van der Waals surface area contributed by atoms with Gasteiger partial charge < -0.3 is 9.42 Å². The van der Waals surface area contributed by atoms with Crippen molar-refractivity contribution >= 4 is 28.6 Å². The van der Waals surface area contributed by atoms with E-state index in [2.05, 4.69) is 10.1 Å². The molecule has 114 valence electrons. The zero-order valence-corrected chi connectivity index (χ0v) is 13.9. The van der Waals surface area contributed by atoms with Gasteiger partial charge in [0.1, 0.15) is 6.54 Å². The van der Waals surface area contributed by atoms with Crippen LogP contribution in [-0.4, -0.2) is 27.0 Å². The minimum absolute atomic E-state index is 0.0131. The Kier molecular flexibility index (Phi) is 4.35. The van der Waals surface area contributed by atoms with E-state index in [0.29, 0.717) is 23.1 Å². The summed E-state index contributed by atoms with van der Waals surface area (Å²) >= 11 is 2.99. The molecular weight excluding hydrogens is 318 g/mol. The Hall–Kier alpha value is -1.99. The van der Waals surface area contributed by atoms with Crippen molar-refractivity contribution in [2.75, 3.05) is 0 Å². The van der Waals surface area contributed by atoms with Gasteiger partial charge in [0.05, 0.1) is 9.75 Å². The molecule has 0 aliphatic rings. The number of thiophene rings is 2. The molecule has 0 saturated carbocycles. The second-order valence-electron chi connectivity index (χ2n) is 4.99. The molecule has 7 heteroatoms. The van der Waals surface area contributed by atoms with Crippen molar-refractivity contribution in [3.8, 4) is 10.7 Å². The van der Waals surface area contributed by atoms with Gasteiger partial charge >= 0.3 is 0 Å². The molecule has 3 rings (SSSR count). The Labute approximate surface area is 136 Å². The van der Waals surface area contributed by atoms with Crippen molar-refractivity contribution in [2.45, 2.75) is 26.4 Å². The Bertz CT molecular complexity index is 733. The number of hydrogen-bond donors (Lipinski definition) is 0. The van der Waals surface area contributed by atoms with Crippen LogP contribution in [0.1, 0.15) is 29.4 Å². The zero-order chi connectivity index (χ0) is 15.5. The van der Waals surface area contributed by atoms with E-state index in [9.17, 15) is 4.79 Å². The van der Waals surface area contributed by atoms with E-state index in [1.54, 1.807) is 16.2 Å². The van der Waals surface area contributed by atoms with Crippen molar-refractivity contribution < 1.29 is 9.32 Å². The molecule has 0 fully saturated rings. The fourth-order valence-electron chi connectivity index (χ4n) is 2.00. The molecule has 0 aliphatic heterocycles. The fourth-order valence-corrected chi connectivity index (χ4v) is 3.33. The Morgan fingerprint density at radius 1 is 1.27 bits per heavy atom. The summed E-state index contributed by atoms with van der Waals surface area (Å²) in [6.45, 7) is 4.26. The summed E-state index contributed by atoms with van der Waals surface area (Å²) in [5.41, 5.74) is 0. The standard InChI is InChI=1S/C15H15N3O2S2/c1-10(2)18(15(19)12-6-4-8-22-12)9-13-16-14(17-20-13)11-5-3-7-21-11/h3-8,10H,9H2,1-2H3. The van der Waals surface area contributed by atoms with E-state index < -0.39 is 0 Å². The first-order valence-electron chi connectivity index (χ1n) is 6.86. The monoisotopic (exact) mass is 333 g/mol. The molecule has 5 nitrogen and oxygen atoms in total. The van der Waals surface area contributed by atoms with E-state index in [4.69, 9.17) is 4.52 Å². The first kappa shape index (κ1) is 14.9. The summed E-state index contributed by atoms with van der Waals surface area (Å²) in [6, 6.07) is 7.63. The highest BCUT2D eigenvalue weighted by atomic mass is 32.1. The topological polar surface area (TPSA) is 59.2 Å². The molecule has 22 heavy (non-hydrogen) atoms. The van der Waals surface area contributed by atoms with Crippen molar-refractivity contribution in [1.29, 1.82) is 0 Å². The summed E-state index contributed by atoms with van der Waals surface area (Å²) in [7, 11) is 0. The maximum Gasteiger partial charge on any atom is 0.264 e. The van der Waals surface area contributed by atoms with Crippen LogP contribution in [0.5, 0.6) is 0 Å². The zero-order valence-electron chi connectivity index (χ0n) is 12.2. The third-order valence-corrected chi connectivity index (χ3v) is 4.86. The lowest BCUT2D eigenvalue weighted by atomic mass is 10.3. The molecule has 0 unspecified atom stereocenters.